The summed E-state index contributed by atoms with van der Waals surface area (Å²) in [6.45, 7) is 1.86. The van der Waals surface area contributed by atoms with Crippen molar-refractivity contribution in [2.24, 2.45) is 0 Å². The van der Waals surface area contributed by atoms with E-state index in [4.69, 9.17) is 5.11 Å². The molecule has 0 aromatic carbocycles. The smallest absolute Gasteiger partial charge is 0.356 e. The van der Waals surface area contributed by atoms with Crippen molar-refractivity contribution in [3.8, 4) is 0 Å². The van der Waals surface area contributed by atoms with Gasteiger partial charge in [0.05, 0.1) is 0 Å². The van der Waals surface area contributed by atoms with E-state index >= 15 is 0 Å². The van der Waals surface area contributed by atoms with Gasteiger partial charge in [-0.15, -0.1) is 10.2 Å². The van der Waals surface area contributed by atoms with Crippen molar-refractivity contribution in [2.45, 2.75) is 18.9 Å². The molecule has 1 unspecified atom stereocenters. The van der Waals surface area contributed by atoms with Gasteiger partial charge in [-0.05, 0) is 39.1 Å². The number of hydrogen-bond acceptors (Lipinski definition) is 5. The third-order valence-corrected chi connectivity index (χ3v) is 3.32. The molecule has 0 bridgehead atoms. The second-order valence-electron chi connectivity index (χ2n) is 4.79. The van der Waals surface area contributed by atoms with E-state index in [9.17, 15) is 4.79 Å². The topological polar surface area (TPSA) is 69.6 Å². The number of hydrogen-bond donors (Lipinski definition) is 1. The first-order valence-electron chi connectivity index (χ1n) is 6.06. The lowest BCUT2D eigenvalue weighted by molar-refractivity contribution is 0.0689. The first-order chi connectivity index (χ1) is 8.58. The normalized spacial score (nSPS) is 20.2. The summed E-state index contributed by atoms with van der Waals surface area (Å²) in [6.07, 6.45) is 2.30. The first-order valence-corrected chi connectivity index (χ1v) is 6.06. The molecule has 18 heavy (non-hydrogen) atoms. The monoisotopic (exact) mass is 250 g/mol. The van der Waals surface area contributed by atoms with Crippen LogP contribution in [0.15, 0.2) is 12.1 Å². The van der Waals surface area contributed by atoms with E-state index in [1.54, 1.807) is 6.07 Å². The fourth-order valence-corrected chi connectivity index (χ4v) is 2.19. The van der Waals surface area contributed by atoms with Gasteiger partial charge in [0.15, 0.2) is 11.5 Å². The van der Waals surface area contributed by atoms with Crippen LogP contribution < -0.4 is 4.90 Å². The number of aromatic nitrogens is 2. The predicted octanol–water partition coefficient (Wildman–Crippen LogP) is 0.705. The van der Waals surface area contributed by atoms with Crippen molar-refractivity contribution in [1.29, 1.82) is 0 Å². The second kappa shape index (κ2) is 5.30. The minimum absolute atomic E-state index is 0.0140. The Labute approximate surface area is 106 Å². The molecule has 0 saturated carbocycles. The number of likely N-dealkylation sites (N-methyl/N-ethyl adjacent to an activating group) is 1. The number of rotatable bonds is 3. The molecule has 1 atom stereocenters. The fourth-order valence-electron chi connectivity index (χ4n) is 2.19. The Balaban J connectivity index is 2.09. The highest BCUT2D eigenvalue weighted by Gasteiger charge is 2.22. The lowest BCUT2D eigenvalue weighted by Crippen LogP contribution is -2.45. The number of carbonyl (C=O) groups is 1. The molecule has 0 spiro atoms. The van der Waals surface area contributed by atoms with Gasteiger partial charge >= 0.3 is 5.97 Å². The molecule has 6 nitrogen and oxygen atoms in total. The summed E-state index contributed by atoms with van der Waals surface area (Å²) >= 11 is 0. The van der Waals surface area contributed by atoms with Crippen LogP contribution in [-0.4, -0.2) is 59.4 Å². The van der Waals surface area contributed by atoms with Crippen molar-refractivity contribution in [1.82, 2.24) is 15.1 Å². The zero-order valence-corrected chi connectivity index (χ0v) is 10.7. The molecule has 1 aliphatic rings. The van der Waals surface area contributed by atoms with Crippen LogP contribution in [0.1, 0.15) is 23.3 Å². The maximum atomic E-state index is 10.7. The summed E-state index contributed by atoms with van der Waals surface area (Å²) < 4.78 is 0. The van der Waals surface area contributed by atoms with Crippen LogP contribution in [0.3, 0.4) is 0 Å². The van der Waals surface area contributed by atoms with Crippen LogP contribution in [0.2, 0.25) is 0 Å². The molecule has 2 rings (SSSR count). The molecule has 6 heteroatoms. The molecule has 1 saturated heterocycles. The fraction of sp³-hybridized carbons (Fsp3) is 0.583. The van der Waals surface area contributed by atoms with E-state index in [0.29, 0.717) is 6.04 Å². The number of nitrogens with zero attached hydrogens (tertiary/aromatic N) is 4. The van der Waals surface area contributed by atoms with Gasteiger partial charge < -0.3 is 14.9 Å². The molecule has 0 radical (unpaired) electrons. The average molecular weight is 250 g/mol. The van der Waals surface area contributed by atoms with Gasteiger partial charge in [0.25, 0.3) is 0 Å². The van der Waals surface area contributed by atoms with E-state index in [2.05, 4.69) is 34.1 Å². The highest BCUT2D eigenvalue weighted by molar-refractivity contribution is 5.85. The van der Waals surface area contributed by atoms with Crippen LogP contribution in [0.25, 0.3) is 0 Å². The zero-order valence-electron chi connectivity index (χ0n) is 10.7. The number of carboxylic acid groups (broad SMARTS) is 1. The molecule has 1 N–H and O–H groups in total. The Hall–Kier alpha value is -1.69. The van der Waals surface area contributed by atoms with Crippen molar-refractivity contribution in [3.63, 3.8) is 0 Å². The molecule has 0 amide bonds. The summed E-state index contributed by atoms with van der Waals surface area (Å²) in [5, 5.41) is 16.5. The highest BCUT2D eigenvalue weighted by atomic mass is 16.4. The van der Waals surface area contributed by atoms with E-state index in [0.717, 1.165) is 25.3 Å². The summed E-state index contributed by atoms with van der Waals surface area (Å²) in [5.74, 6) is -0.287. The second-order valence-corrected chi connectivity index (χ2v) is 4.79. The lowest BCUT2D eigenvalue weighted by atomic mass is 10.1. The number of carboxylic acids is 1. The lowest BCUT2D eigenvalue weighted by Gasteiger charge is -2.36. The SMILES string of the molecule is CN(C)C1CCCN(c2ccc(C(=O)O)nn2)C1. The molecule has 98 valence electrons. The van der Waals surface area contributed by atoms with Crippen molar-refractivity contribution in [3.05, 3.63) is 17.8 Å². The minimum atomic E-state index is -1.04. The maximum Gasteiger partial charge on any atom is 0.356 e. The van der Waals surface area contributed by atoms with Gasteiger partial charge in [0.1, 0.15) is 0 Å². The highest BCUT2D eigenvalue weighted by Crippen LogP contribution is 2.19. The zero-order chi connectivity index (χ0) is 13.1. The van der Waals surface area contributed by atoms with E-state index in [1.165, 1.54) is 12.5 Å². The Morgan fingerprint density at radius 2 is 2.22 bits per heavy atom. The summed E-state index contributed by atoms with van der Waals surface area (Å²) in [5.41, 5.74) is -0.0140. The van der Waals surface area contributed by atoms with Crippen molar-refractivity contribution in [2.75, 3.05) is 32.1 Å². The van der Waals surface area contributed by atoms with E-state index < -0.39 is 5.97 Å². The standard InChI is InChI=1S/C12H18N4O2/c1-15(2)9-4-3-7-16(8-9)11-6-5-10(12(17)18)13-14-11/h5-6,9H,3-4,7-8H2,1-2H3,(H,17,18). The number of aromatic carboxylic acids is 1. The number of anilines is 1. The molecular formula is C12H18N4O2. The van der Waals surface area contributed by atoms with Crippen LogP contribution in [0.4, 0.5) is 5.82 Å². The molecule has 1 fully saturated rings. The quantitative estimate of drug-likeness (QED) is 0.852. The predicted molar refractivity (Wildman–Crippen MR) is 67.9 cm³/mol. The van der Waals surface area contributed by atoms with Gasteiger partial charge in [0, 0.05) is 19.1 Å². The van der Waals surface area contributed by atoms with Crippen LogP contribution in [-0.2, 0) is 0 Å². The van der Waals surface area contributed by atoms with Crippen LogP contribution in [0, 0.1) is 0 Å². The minimum Gasteiger partial charge on any atom is -0.476 e. The number of piperidine rings is 1. The third kappa shape index (κ3) is 2.76. The Morgan fingerprint density at radius 3 is 2.78 bits per heavy atom. The van der Waals surface area contributed by atoms with Crippen LogP contribution in [0.5, 0.6) is 0 Å². The summed E-state index contributed by atoms with van der Waals surface area (Å²) in [7, 11) is 4.15. The van der Waals surface area contributed by atoms with Crippen molar-refractivity contribution >= 4 is 11.8 Å². The summed E-state index contributed by atoms with van der Waals surface area (Å²) in [4.78, 5) is 15.1. The van der Waals surface area contributed by atoms with Crippen LogP contribution >= 0.6 is 0 Å². The average Bonchev–Trinajstić information content (AvgIpc) is 2.39. The molecule has 1 aliphatic heterocycles. The Morgan fingerprint density at radius 1 is 1.44 bits per heavy atom. The van der Waals surface area contributed by atoms with Gasteiger partial charge in [-0.2, -0.15) is 0 Å². The van der Waals surface area contributed by atoms with Gasteiger partial charge in [0.2, 0.25) is 0 Å². The van der Waals surface area contributed by atoms with Gasteiger partial charge in [-0.1, -0.05) is 0 Å². The van der Waals surface area contributed by atoms with Gasteiger partial charge in [-0.3, -0.25) is 0 Å². The first kappa shape index (κ1) is 12.8. The van der Waals surface area contributed by atoms with Gasteiger partial charge in [-0.25, -0.2) is 4.79 Å². The molecule has 2 heterocycles. The maximum absolute atomic E-state index is 10.7. The Kier molecular flexibility index (Phi) is 3.76. The molecule has 1 aromatic rings. The van der Waals surface area contributed by atoms with E-state index in [1.807, 2.05) is 0 Å². The summed E-state index contributed by atoms with van der Waals surface area (Å²) in [6, 6.07) is 3.75. The third-order valence-electron chi connectivity index (χ3n) is 3.32. The molecular weight excluding hydrogens is 232 g/mol. The Bertz CT molecular complexity index is 419. The largest absolute Gasteiger partial charge is 0.476 e. The van der Waals surface area contributed by atoms with Crippen molar-refractivity contribution < 1.29 is 9.90 Å². The van der Waals surface area contributed by atoms with E-state index in [-0.39, 0.29) is 5.69 Å². The molecule has 0 aliphatic carbocycles. The molecule has 1 aromatic heterocycles.